The molecule has 0 heterocycles. The molecule has 0 unspecified atom stereocenters. The summed E-state index contributed by atoms with van der Waals surface area (Å²) in [4.78, 5) is 12.4. The fourth-order valence-corrected chi connectivity index (χ4v) is 2.92. The second-order valence-corrected chi connectivity index (χ2v) is 4.72. The average Bonchev–Trinajstić information content (AvgIpc) is 2.69. The standard InChI is InChI=1S/C13H24O/c1-4-11(5-2)12(14)13(6-3)9-7-8-10-13/h11H,4-10H2,1-3H3. The molecule has 82 valence electrons. The third kappa shape index (κ3) is 2.02. The van der Waals surface area contributed by atoms with Crippen molar-refractivity contribution >= 4 is 5.78 Å². The van der Waals surface area contributed by atoms with Crippen molar-refractivity contribution in [3.05, 3.63) is 0 Å². The molecule has 1 fully saturated rings. The average molecular weight is 196 g/mol. The first-order chi connectivity index (χ1) is 6.70. The minimum atomic E-state index is 0.0800. The molecule has 1 nitrogen and oxygen atoms in total. The maximum Gasteiger partial charge on any atom is 0.142 e. The van der Waals surface area contributed by atoms with Crippen LogP contribution in [0.4, 0.5) is 0 Å². The minimum absolute atomic E-state index is 0.0800. The van der Waals surface area contributed by atoms with Crippen molar-refractivity contribution in [1.82, 2.24) is 0 Å². The third-order valence-electron chi connectivity index (χ3n) is 4.12. The Balaban J connectivity index is 2.73. The molecule has 1 heteroatoms. The molecule has 0 bridgehead atoms. The number of hydrogen-bond acceptors (Lipinski definition) is 1. The lowest BCUT2D eigenvalue weighted by Gasteiger charge is -2.29. The van der Waals surface area contributed by atoms with E-state index in [0.717, 1.165) is 32.1 Å². The van der Waals surface area contributed by atoms with Crippen molar-refractivity contribution < 1.29 is 4.79 Å². The molecule has 0 saturated heterocycles. The van der Waals surface area contributed by atoms with Crippen molar-refractivity contribution in [2.75, 3.05) is 0 Å². The van der Waals surface area contributed by atoms with Crippen LogP contribution in [0, 0.1) is 11.3 Å². The van der Waals surface area contributed by atoms with E-state index in [9.17, 15) is 4.79 Å². The molecule has 0 aromatic heterocycles. The molecule has 0 amide bonds. The van der Waals surface area contributed by atoms with Crippen LogP contribution in [0.25, 0.3) is 0 Å². The Kier molecular flexibility index (Phi) is 4.15. The van der Waals surface area contributed by atoms with Gasteiger partial charge in [0.05, 0.1) is 0 Å². The van der Waals surface area contributed by atoms with Gasteiger partial charge in [0.15, 0.2) is 0 Å². The van der Waals surface area contributed by atoms with Crippen LogP contribution in [-0.4, -0.2) is 5.78 Å². The molecule has 14 heavy (non-hydrogen) atoms. The van der Waals surface area contributed by atoms with Gasteiger partial charge in [0, 0.05) is 11.3 Å². The molecule has 0 N–H and O–H groups in total. The predicted octanol–water partition coefficient (Wildman–Crippen LogP) is 3.96. The van der Waals surface area contributed by atoms with E-state index in [4.69, 9.17) is 0 Å². The van der Waals surface area contributed by atoms with E-state index in [-0.39, 0.29) is 5.41 Å². The minimum Gasteiger partial charge on any atom is -0.299 e. The number of carbonyl (C=O) groups excluding carboxylic acids is 1. The van der Waals surface area contributed by atoms with Gasteiger partial charge in [-0.2, -0.15) is 0 Å². The lowest BCUT2D eigenvalue weighted by atomic mass is 9.73. The maximum atomic E-state index is 12.4. The summed E-state index contributed by atoms with van der Waals surface area (Å²) in [5, 5.41) is 0. The fraction of sp³-hybridized carbons (Fsp3) is 0.923. The van der Waals surface area contributed by atoms with Crippen molar-refractivity contribution in [2.24, 2.45) is 11.3 Å². The van der Waals surface area contributed by atoms with Crippen LogP contribution in [0.2, 0.25) is 0 Å². The molecule has 0 radical (unpaired) electrons. The summed E-state index contributed by atoms with van der Waals surface area (Å²) in [5.74, 6) is 0.899. The van der Waals surface area contributed by atoms with Crippen molar-refractivity contribution in [3.8, 4) is 0 Å². The lowest BCUT2D eigenvalue weighted by Crippen LogP contribution is -2.32. The van der Waals surface area contributed by atoms with Crippen LogP contribution in [0.5, 0.6) is 0 Å². The predicted molar refractivity (Wildman–Crippen MR) is 60.3 cm³/mol. The first-order valence-electron chi connectivity index (χ1n) is 6.24. The van der Waals surface area contributed by atoms with Crippen molar-refractivity contribution in [3.63, 3.8) is 0 Å². The van der Waals surface area contributed by atoms with Gasteiger partial charge in [-0.3, -0.25) is 4.79 Å². The van der Waals surface area contributed by atoms with Gasteiger partial charge in [-0.25, -0.2) is 0 Å². The summed E-state index contributed by atoms with van der Waals surface area (Å²) >= 11 is 0. The zero-order chi connectivity index (χ0) is 10.6. The van der Waals surface area contributed by atoms with E-state index in [1.54, 1.807) is 0 Å². The Morgan fingerprint density at radius 1 is 1.14 bits per heavy atom. The van der Waals surface area contributed by atoms with Crippen molar-refractivity contribution in [1.29, 1.82) is 0 Å². The highest BCUT2D eigenvalue weighted by Gasteiger charge is 2.41. The SMILES string of the molecule is CCC(CC)C(=O)C1(CC)CCCC1. The molecule has 1 saturated carbocycles. The number of carbonyl (C=O) groups is 1. The lowest BCUT2D eigenvalue weighted by molar-refractivity contribution is -0.133. The first kappa shape index (κ1) is 11.7. The van der Waals surface area contributed by atoms with Crippen molar-refractivity contribution in [2.45, 2.75) is 65.7 Å². The van der Waals surface area contributed by atoms with E-state index in [2.05, 4.69) is 20.8 Å². The summed E-state index contributed by atoms with van der Waals surface area (Å²) in [6, 6.07) is 0. The number of hydrogen-bond donors (Lipinski definition) is 0. The largest absolute Gasteiger partial charge is 0.299 e. The molecular weight excluding hydrogens is 172 g/mol. The topological polar surface area (TPSA) is 17.1 Å². The Labute approximate surface area is 88.3 Å². The molecule has 1 aliphatic rings. The zero-order valence-electron chi connectivity index (χ0n) is 9.94. The molecule has 1 rings (SSSR count). The van der Waals surface area contributed by atoms with E-state index < -0.39 is 0 Å². The Hall–Kier alpha value is -0.330. The van der Waals surface area contributed by atoms with Gasteiger partial charge in [-0.15, -0.1) is 0 Å². The summed E-state index contributed by atoms with van der Waals surface area (Å²) in [6.45, 7) is 6.47. The molecular formula is C13H24O. The summed E-state index contributed by atoms with van der Waals surface area (Å²) in [7, 11) is 0. The Bertz CT molecular complexity index is 185. The third-order valence-corrected chi connectivity index (χ3v) is 4.12. The molecule has 0 aromatic rings. The van der Waals surface area contributed by atoms with Gasteiger partial charge in [0.2, 0.25) is 0 Å². The van der Waals surface area contributed by atoms with Crippen LogP contribution in [0.3, 0.4) is 0 Å². The number of ketones is 1. The normalized spacial score (nSPS) is 20.3. The highest BCUT2D eigenvalue weighted by molar-refractivity contribution is 5.87. The summed E-state index contributed by atoms with van der Waals surface area (Å²) in [6.07, 6.45) is 7.94. The molecule has 0 atom stereocenters. The van der Waals surface area contributed by atoms with Gasteiger partial charge in [0.1, 0.15) is 5.78 Å². The zero-order valence-corrected chi connectivity index (χ0v) is 9.94. The first-order valence-corrected chi connectivity index (χ1v) is 6.24. The van der Waals surface area contributed by atoms with Crippen LogP contribution in [0.15, 0.2) is 0 Å². The maximum absolute atomic E-state index is 12.4. The van der Waals surface area contributed by atoms with Gasteiger partial charge < -0.3 is 0 Å². The van der Waals surface area contributed by atoms with E-state index in [1.165, 1.54) is 12.8 Å². The van der Waals surface area contributed by atoms with Gasteiger partial charge >= 0.3 is 0 Å². The van der Waals surface area contributed by atoms with Crippen LogP contribution >= 0.6 is 0 Å². The second kappa shape index (κ2) is 4.95. The van der Waals surface area contributed by atoms with Gasteiger partial charge in [-0.1, -0.05) is 33.6 Å². The van der Waals surface area contributed by atoms with Gasteiger partial charge in [-0.05, 0) is 32.1 Å². The van der Waals surface area contributed by atoms with E-state index >= 15 is 0 Å². The van der Waals surface area contributed by atoms with Crippen LogP contribution in [0.1, 0.15) is 65.7 Å². The van der Waals surface area contributed by atoms with Crippen LogP contribution in [-0.2, 0) is 4.79 Å². The number of Topliss-reactive ketones (excluding diaryl/α,β-unsaturated/α-hetero) is 1. The Morgan fingerprint density at radius 3 is 2.00 bits per heavy atom. The monoisotopic (exact) mass is 196 g/mol. The van der Waals surface area contributed by atoms with Crippen LogP contribution < -0.4 is 0 Å². The second-order valence-electron chi connectivity index (χ2n) is 4.72. The summed E-state index contributed by atoms with van der Waals surface area (Å²) < 4.78 is 0. The molecule has 0 aromatic carbocycles. The molecule has 0 spiro atoms. The van der Waals surface area contributed by atoms with Gasteiger partial charge in [0.25, 0.3) is 0 Å². The Morgan fingerprint density at radius 2 is 1.64 bits per heavy atom. The smallest absolute Gasteiger partial charge is 0.142 e. The quantitative estimate of drug-likeness (QED) is 0.650. The molecule has 0 aliphatic heterocycles. The highest BCUT2D eigenvalue weighted by Crippen LogP contribution is 2.44. The number of rotatable bonds is 5. The summed E-state index contributed by atoms with van der Waals surface area (Å²) in [5.41, 5.74) is 0.0800. The fourth-order valence-electron chi connectivity index (χ4n) is 2.92. The van der Waals surface area contributed by atoms with E-state index in [0.29, 0.717) is 11.7 Å². The molecule has 1 aliphatic carbocycles. The highest BCUT2D eigenvalue weighted by atomic mass is 16.1. The van der Waals surface area contributed by atoms with E-state index in [1.807, 2.05) is 0 Å².